The number of carbonyl (C=O) groups is 1. The van der Waals surface area contributed by atoms with Gasteiger partial charge in [-0.2, -0.15) is 0 Å². The number of rotatable bonds is 4. The van der Waals surface area contributed by atoms with Gasteiger partial charge in [0.15, 0.2) is 5.82 Å². The Balaban J connectivity index is 1.34. The molecule has 0 unspecified atom stereocenters. The van der Waals surface area contributed by atoms with Gasteiger partial charge >= 0.3 is 0 Å². The van der Waals surface area contributed by atoms with E-state index in [9.17, 15) is 9.18 Å². The zero-order valence-electron chi connectivity index (χ0n) is 17.5. The number of amides is 1. The lowest BCUT2D eigenvalue weighted by molar-refractivity contribution is 0.0713. The third kappa shape index (κ3) is 4.04. The highest BCUT2D eigenvalue weighted by Gasteiger charge is 2.25. The Hall–Kier alpha value is -3.80. The molecule has 0 spiro atoms. The highest BCUT2D eigenvalue weighted by atomic mass is 19.1. The molecule has 0 saturated carbocycles. The van der Waals surface area contributed by atoms with Gasteiger partial charge in [-0.15, -0.1) is 0 Å². The van der Waals surface area contributed by atoms with Crippen molar-refractivity contribution in [2.75, 3.05) is 18.4 Å². The lowest BCUT2D eigenvalue weighted by Crippen LogP contribution is -2.42. The summed E-state index contributed by atoms with van der Waals surface area (Å²) in [4.78, 5) is 24.0. The van der Waals surface area contributed by atoms with Gasteiger partial charge in [0.05, 0.1) is 11.1 Å². The van der Waals surface area contributed by atoms with Crippen molar-refractivity contribution in [2.24, 2.45) is 0 Å². The topological polar surface area (TPSA) is 58.1 Å². The van der Waals surface area contributed by atoms with Crippen molar-refractivity contribution >= 4 is 22.6 Å². The van der Waals surface area contributed by atoms with Gasteiger partial charge in [0.2, 0.25) is 0 Å². The number of nitrogens with one attached hydrogen (secondary N) is 1. The molecule has 4 aromatic rings. The monoisotopic (exact) mass is 426 g/mol. The molecule has 1 aliphatic rings. The van der Waals surface area contributed by atoms with Crippen LogP contribution in [0.25, 0.3) is 22.3 Å². The van der Waals surface area contributed by atoms with Crippen molar-refractivity contribution in [3.05, 3.63) is 90.2 Å². The fourth-order valence-corrected chi connectivity index (χ4v) is 4.13. The summed E-state index contributed by atoms with van der Waals surface area (Å²) in [6, 6.07) is 24.2. The van der Waals surface area contributed by atoms with Crippen LogP contribution in [0.2, 0.25) is 0 Å². The Kier molecular flexibility index (Phi) is 5.50. The Morgan fingerprint density at radius 2 is 1.56 bits per heavy atom. The Labute approximate surface area is 185 Å². The van der Waals surface area contributed by atoms with Crippen LogP contribution in [0.5, 0.6) is 0 Å². The van der Waals surface area contributed by atoms with Crippen LogP contribution in [0.15, 0.2) is 78.9 Å². The molecule has 5 rings (SSSR count). The summed E-state index contributed by atoms with van der Waals surface area (Å²) in [7, 11) is 0. The van der Waals surface area contributed by atoms with Gasteiger partial charge in [-0.3, -0.25) is 4.79 Å². The van der Waals surface area contributed by atoms with E-state index in [1.54, 1.807) is 23.1 Å². The molecule has 1 saturated heterocycles. The fraction of sp³-hybridized carbons (Fsp3) is 0.192. The van der Waals surface area contributed by atoms with Gasteiger partial charge in [-0.05, 0) is 37.1 Å². The predicted molar refractivity (Wildman–Crippen MR) is 124 cm³/mol. The zero-order valence-corrected chi connectivity index (χ0v) is 17.5. The normalized spacial score (nSPS) is 14.5. The van der Waals surface area contributed by atoms with Gasteiger partial charge in [0.1, 0.15) is 11.6 Å². The Morgan fingerprint density at radius 3 is 2.34 bits per heavy atom. The number of fused-ring (bicyclic) bond motifs is 1. The van der Waals surface area contributed by atoms with Gasteiger partial charge < -0.3 is 10.2 Å². The summed E-state index contributed by atoms with van der Waals surface area (Å²) in [5.41, 5.74) is 1.98. The number of benzene rings is 3. The van der Waals surface area contributed by atoms with Crippen molar-refractivity contribution in [3.8, 4) is 11.4 Å². The molecule has 160 valence electrons. The van der Waals surface area contributed by atoms with Crippen molar-refractivity contribution in [1.29, 1.82) is 0 Å². The van der Waals surface area contributed by atoms with E-state index >= 15 is 0 Å². The number of hydrogen-bond donors (Lipinski definition) is 1. The molecule has 1 aliphatic heterocycles. The number of anilines is 1. The van der Waals surface area contributed by atoms with Gasteiger partial charge in [-0.25, -0.2) is 14.4 Å². The average Bonchev–Trinajstić information content (AvgIpc) is 2.85. The third-order valence-electron chi connectivity index (χ3n) is 5.86. The summed E-state index contributed by atoms with van der Waals surface area (Å²) in [5, 5.41) is 4.55. The van der Waals surface area contributed by atoms with Gasteiger partial charge in [0.25, 0.3) is 5.91 Å². The van der Waals surface area contributed by atoms with Crippen molar-refractivity contribution < 1.29 is 9.18 Å². The molecule has 3 aromatic carbocycles. The van der Waals surface area contributed by atoms with Crippen LogP contribution in [0.4, 0.5) is 10.2 Å². The first-order valence-corrected chi connectivity index (χ1v) is 10.8. The minimum atomic E-state index is -0.473. The zero-order chi connectivity index (χ0) is 21.9. The lowest BCUT2D eigenvalue weighted by atomic mass is 10.0. The molecule has 1 aromatic heterocycles. The maximum atomic E-state index is 14.0. The van der Waals surface area contributed by atoms with E-state index in [2.05, 4.69) is 5.32 Å². The second-order valence-corrected chi connectivity index (χ2v) is 7.97. The first-order valence-electron chi connectivity index (χ1n) is 10.8. The Bertz CT molecular complexity index is 1250. The first-order chi connectivity index (χ1) is 15.7. The quantitative estimate of drug-likeness (QED) is 0.490. The molecule has 5 nitrogen and oxygen atoms in total. The molecule has 2 heterocycles. The molecule has 32 heavy (non-hydrogen) atoms. The molecule has 0 atom stereocenters. The van der Waals surface area contributed by atoms with Crippen LogP contribution < -0.4 is 5.32 Å². The molecule has 1 fully saturated rings. The van der Waals surface area contributed by atoms with Crippen LogP contribution in [-0.2, 0) is 0 Å². The number of carbonyl (C=O) groups excluding carboxylic acids is 1. The molecule has 6 heteroatoms. The van der Waals surface area contributed by atoms with Gasteiger partial charge in [-0.1, -0.05) is 54.6 Å². The summed E-state index contributed by atoms with van der Waals surface area (Å²) in [6.45, 7) is 1.14. The second-order valence-electron chi connectivity index (χ2n) is 7.97. The van der Waals surface area contributed by atoms with E-state index < -0.39 is 5.82 Å². The molecule has 0 aliphatic carbocycles. The number of likely N-dealkylation sites (tertiary alicyclic amines) is 1. The minimum absolute atomic E-state index is 0.133. The predicted octanol–water partition coefficient (Wildman–Crippen LogP) is 5.15. The SMILES string of the molecule is O=C(c1ccccc1F)N1CCC(Nc2nc(-c3ccccc3)nc3ccccc23)CC1. The van der Waals surface area contributed by atoms with Crippen LogP contribution in [0, 0.1) is 5.82 Å². The maximum absolute atomic E-state index is 14.0. The molecule has 1 amide bonds. The average molecular weight is 426 g/mol. The van der Waals surface area contributed by atoms with Crippen molar-refractivity contribution in [3.63, 3.8) is 0 Å². The number of para-hydroxylation sites is 1. The van der Waals surface area contributed by atoms with E-state index in [1.807, 2.05) is 54.6 Å². The van der Waals surface area contributed by atoms with Crippen LogP contribution in [0.1, 0.15) is 23.2 Å². The summed E-state index contributed by atoms with van der Waals surface area (Å²) in [6.07, 6.45) is 1.53. The van der Waals surface area contributed by atoms with E-state index in [0.29, 0.717) is 18.9 Å². The van der Waals surface area contributed by atoms with E-state index in [0.717, 1.165) is 35.1 Å². The highest BCUT2D eigenvalue weighted by molar-refractivity contribution is 5.94. The van der Waals surface area contributed by atoms with Crippen molar-refractivity contribution in [2.45, 2.75) is 18.9 Å². The largest absolute Gasteiger partial charge is 0.367 e. The van der Waals surface area contributed by atoms with Crippen molar-refractivity contribution in [1.82, 2.24) is 14.9 Å². The fourth-order valence-electron chi connectivity index (χ4n) is 4.13. The smallest absolute Gasteiger partial charge is 0.256 e. The van der Waals surface area contributed by atoms with E-state index in [1.165, 1.54) is 6.07 Å². The number of piperidine rings is 1. The Morgan fingerprint density at radius 1 is 0.875 bits per heavy atom. The van der Waals surface area contributed by atoms with Crippen LogP contribution in [-0.4, -0.2) is 39.9 Å². The standard InChI is InChI=1S/C26H23FN4O/c27-22-12-6-4-10-20(22)26(32)31-16-14-19(15-17-31)28-25-21-11-5-7-13-23(21)29-24(30-25)18-8-2-1-3-9-18/h1-13,19H,14-17H2,(H,28,29,30). The summed E-state index contributed by atoms with van der Waals surface area (Å²) in [5.74, 6) is 0.756. The molecular formula is C26H23FN4O. The minimum Gasteiger partial charge on any atom is -0.367 e. The number of halogens is 1. The number of aromatic nitrogens is 2. The lowest BCUT2D eigenvalue weighted by Gasteiger charge is -2.33. The summed E-state index contributed by atoms with van der Waals surface area (Å²) < 4.78 is 14.0. The highest BCUT2D eigenvalue weighted by Crippen LogP contribution is 2.27. The third-order valence-corrected chi connectivity index (χ3v) is 5.86. The first kappa shape index (κ1) is 20.1. The maximum Gasteiger partial charge on any atom is 0.256 e. The second kappa shape index (κ2) is 8.75. The van der Waals surface area contributed by atoms with Gasteiger partial charge in [0, 0.05) is 30.1 Å². The van der Waals surface area contributed by atoms with Crippen LogP contribution in [0.3, 0.4) is 0 Å². The molecular weight excluding hydrogens is 403 g/mol. The number of hydrogen-bond acceptors (Lipinski definition) is 4. The molecule has 0 bridgehead atoms. The van der Waals surface area contributed by atoms with Crippen LogP contribution >= 0.6 is 0 Å². The number of nitrogens with zero attached hydrogens (tertiary/aromatic N) is 3. The summed E-state index contributed by atoms with van der Waals surface area (Å²) >= 11 is 0. The molecule has 0 radical (unpaired) electrons. The molecule has 1 N–H and O–H groups in total. The van der Waals surface area contributed by atoms with E-state index in [-0.39, 0.29) is 17.5 Å². The van der Waals surface area contributed by atoms with E-state index in [4.69, 9.17) is 9.97 Å².